The van der Waals surface area contributed by atoms with Crippen molar-refractivity contribution in [3.63, 3.8) is 0 Å². The minimum Gasteiger partial charge on any atom is -0.339 e. The maximum Gasteiger partial charge on any atom is 0.138 e. The molecule has 2 aliphatic rings. The number of nitrogens with one attached hydrogen (secondary N) is 2. The van der Waals surface area contributed by atoms with E-state index in [2.05, 4.69) is 115 Å². The van der Waals surface area contributed by atoms with Gasteiger partial charge < -0.3 is 15.3 Å². The molecule has 4 heteroatoms. The van der Waals surface area contributed by atoms with Gasteiger partial charge in [-0.15, -0.1) is 0 Å². The first kappa shape index (κ1) is 27.3. The van der Waals surface area contributed by atoms with E-state index in [1.54, 1.807) is 0 Å². The molecule has 0 atom stereocenters. The second kappa shape index (κ2) is 10.3. The zero-order valence-electron chi connectivity index (χ0n) is 26.3. The Balaban J connectivity index is 1.17. The molecule has 1 aromatic heterocycles. The van der Waals surface area contributed by atoms with Crippen LogP contribution in [0.15, 0.2) is 151 Å². The van der Waals surface area contributed by atoms with Gasteiger partial charge in [-0.3, -0.25) is 0 Å². The van der Waals surface area contributed by atoms with Gasteiger partial charge in [-0.2, -0.15) is 0 Å². The van der Waals surface area contributed by atoms with Crippen LogP contribution in [0, 0.1) is 5.41 Å². The molecule has 0 bridgehead atoms. The number of para-hydroxylation sites is 2. The van der Waals surface area contributed by atoms with Crippen molar-refractivity contribution in [2.24, 2.45) is 4.99 Å². The average Bonchev–Trinajstić information content (AvgIpc) is 3.57. The number of aliphatic imine (C=N–C) groups is 1. The Labute approximate surface area is 273 Å². The predicted molar refractivity (Wildman–Crippen MR) is 195 cm³/mol. The van der Waals surface area contributed by atoms with Crippen molar-refractivity contribution in [2.45, 2.75) is 19.3 Å². The second-order valence-corrected chi connectivity index (χ2v) is 12.9. The van der Waals surface area contributed by atoms with Crippen LogP contribution in [0.25, 0.3) is 44.3 Å². The fourth-order valence-electron chi connectivity index (χ4n) is 7.59. The molecule has 224 valence electrons. The quantitative estimate of drug-likeness (QED) is 0.193. The molecule has 2 heterocycles. The first-order chi connectivity index (χ1) is 23.0. The number of hydrogen-bond donors (Lipinski definition) is 2. The molecule has 1 aliphatic carbocycles. The minimum absolute atomic E-state index is 0.137. The normalized spacial score (nSPS) is 15.2. The number of benzene rings is 6. The van der Waals surface area contributed by atoms with Crippen LogP contribution in [-0.2, 0) is 5.41 Å². The molecule has 0 radical (unpaired) electrons. The van der Waals surface area contributed by atoms with E-state index in [0.717, 1.165) is 39.6 Å². The summed E-state index contributed by atoms with van der Waals surface area (Å²) < 4.78 is 2.44. The second-order valence-electron chi connectivity index (χ2n) is 12.9. The van der Waals surface area contributed by atoms with E-state index in [9.17, 15) is 0 Å². The van der Waals surface area contributed by atoms with Gasteiger partial charge in [0, 0.05) is 33.0 Å². The lowest BCUT2D eigenvalue weighted by Crippen LogP contribution is -2.26. The molecule has 0 fully saturated rings. The highest BCUT2D eigenvalue weighted by atomic mass is 15.0. The van der Waals surface area contributed by atoms with Gasteiger partial charge in [0.25, 0.3) is 0 Å². The number of nitrogens with zero attached hydrogens (tertiary/aromatic N) is 2. The van der Waals surface area contributed by atoms with E-state index in [1.165, 1.54) is 44.1 Å². The molecule has 0 spiro atoms. The number of hydrogen-bond acceptors (Lipinski definition) is 3. The van der Waals surface area contributed by atoms with Crippen LogP contribution in [0.5, 0.6) is 0 Å². The highest BCUT2D eigenvalue weighted by Gasteiger charge is 2.38. The maximum atomic E-state index is 8.78. The molecule has 9 rings (SSSR count). The third-order valence-electron chi connectivity index (χ3n) is 9.80. The fraction of sp³-hybridized carbons (Fsp3) is 0.0698. The number of aromatic nitrogens is 1. The lowest BCUT2D eigenvalue weighted by molar-refractivity contribution is 0.664. The van der Waals surface area contributed by atoms with Crippen molar-refractivity contribution in [3.8, 4) is 16.8 Å². The van der Waals surface area contributed by atoms with Crippen molar-refractivity contribution in [2.75, 3.05) is 0 Å². The van der Waals surface area contributed by atoms with Crippen LogP contribution in [0.3, 0.4) is 0 Å². The van der Waals surface area contributed by atoms with Crippen LogP contribution in [-0.4, -0.2) is 16.1 Å². The van der Waals surface area contributed by atoms with Crippen LogP contribution in [0.1, 0.15) is 41.7 Å². The molecule has 0 amide bonds. The Bertz CT molecular complexity index is 2460. The summed E-state index contributed by atoms with van der Waals surface area (Å²) in [6.07, 6.45) is 1.90. The largest absolute Gasteiger partial charge is 0.339 e. The van der Waals surface area contributed by atoms with Crippen molar-refractivity contribution in [3.05, 3.63) is 173 Å². The molecule has 4 nitrogen and oxygen atoms in total. The van der Waals surface area contributed by atoms with Crippen LogP contribution < -0.4 is 5.32 Å². The molecular weight excluding hydrogens is 573 g/mol. The Morgan fingerprint density at radius 1 is 0.681 bits per heavy atom. The maximum absolute atomic E-state index is 8.78. The van der Waals surface area contributed by atoms with Crippen molar-refractivity contribution in [1.29, 1.82) is 5.41 Å². The summed E-state index contributed by atoms with van der Waals surface area (Å²) in [5.41, 5.74) is 13.9. The summed E-state index contributed by atoms with van der Waals surface area (Å²) in [5, 5.41) is 14.9. The summed E-state index contributed by atoms with van der Waals surface area (Å²) in [6, 6.07) is 48.8. The highest BCUT2D eigenvalue weighted by molar-refractivity contribution is 6.16. The number of allylic oxidation sites excluding steroid dienone is 1. The van der Waals surface area contributed by atoms with Crippen LogP contribution >= 0.6 is 0 Å². The lowest BCUT2D eigenvalue weighted by Gasteiger charge is -2.24. The van der Waals surface area contributed by atoms with E-state index >= 15 is 0 Å². The van der Waals surface area contributed by atoms with Gasteiger partial charge in [0.2, 0.25) is 0 Å². The van der Waals surface area contributed by atoms with Crippen LogP contribution in [0.2, 0.25) is 0 Å². The summed E-state index contributed by atoms with van der Waals surface area (Å²) in [7, 11) is 0. The van der Waals surface area contributed by atoms with Gasteiger partial charge in [0.15, 0.2) is 0 Å². The van der Waals surface area contributed by atoms with Crippen molar-refractivity contribution >= 4 is 44.7 Å². The van der Waals surface area contributed by atoms with E-state index in [-0.39, 0.29) is 5.41 Å². The number of fused-ring (bicyclic) bond motifs is 8. The first-order valence-electron chi connectivity index (χ1n) is 16.1. The van der Waals surface area contributed by atoms with Gasteiger partial charge in [-0.05, 0) is 70.3 Å². The molecule has 0 saturated carbocycles. The highest BCUT2D eigenvalue weighted by Crippen LogP contribution is 2.52. The first-order valence-corrected chi connectivity index (χ1v) is 16.1. The van der Waals surface area contributed by atoms with E-state index < -0.39 is 0 Å². The van der Waals surface area contributed by atoms with E-state index in [4.69, 9.17) is 10.4 Å². The SMILES string of the molecule is CC1(C)c2ccccc2-c2ccc3c4ccccc4n(-c4ccc(C5=Nc6ccccc6/C(=C/C(=N)c6ccccc6)N5)cc4)c3c21. The van der Waals surface area contributed by atoms with E-state index in [0.29, 0.717) is 5.71 Å². The van der Waals surface area contributed by atoms with Gasteiger partial charge in [0.05, 0.1) is 28.1 Å². The number of rotatable bonds is 4. The Hall–Kier alpha value is -6.00. The molecule has 6 aromatic carbocycles. The Morgan fingerprint density at radius 2 is 1.38 bits per heavy atom. The molecule has 0 saturated heterocycles. The summed E-state index contributed by atoms with van der Waals surface area (Å²) in [5.74, 6) is 0.766. The lowest BCUT2D eigenvalue weighted by atomic mass is 9.81. The van der Waals surface area contributed by atoms with Gasteiger partial charge in [-0.1, -0.05) is 117 Å². The zero-order valence-corrected chi connectivity index (χ0v) is 26.3. The van der Waals surface area contributed by atoms with Crippen LogP contribution in [0.4, 0.5) is 5.69 Å². The van der Waals surface area contributed by atoms with Gasteiger partial charge in [-0.25, -0.2) is 4.99 Å². The smallest absolute Gasteiger partial charge is 0.138 e. The van der Waals surface area contributed by atoms with Crippen molar-refractivity contribution < 1.29 is 0 Å². The summed E-state index contributed by atoms with van der Waals surface area (Å²) in [6.45, 7) is 4.71. The molecule has 2 N–H and O–H groups in total. The molecule has 7 aromatic rings. The monoisotopic (exact) mass is 604 g/mol. The van der Waals surface area contributed by atoms with E-state index in [1.807, 2.05) is 54.6 Å². The number of amidine groups is 1. The summed E-state index contributed by atoms with van der Waals surface area (Å²) in [4.78, 5) is 5.01. The Morgan fingerprint density at radius 3 is 2.21 bits per heavy atom. The average molecular weight is 605 g/mol. The third kappa shape index (κ3) is 4.15. The van der Waals surface area contributed by atoms with Gasteiger partial charge >= 0.3 is 0 Å². The fourth-order valence-corrected chi connectivity index (χ4v) is 7.59. The molecule has 0 unspecified atom stereocenters. The topological polar surface area (TPSA) is 53.2 Å². The molecule has 1 aliphatic heterocycles. The Kier molecular flexibility index (Phi) is 5.97. The summed E-state index contributed by atoms with van der Waals surface area (Å²) >= 11 is 0. The zero-order chi connectivity index (χ0) is 31.7. The van der Waals surface area contributed by atoms with Gasteiger partial charge in [0.1, 0.15) is 5.84 Å². The third-order valence-corrected chi connectivity index (χ3v) is 9.80. The predicted octanol–water partition coefficient (Wildman–Crippen LogP) is 10.2. The molecular formula is C43H32N4. The molecule has 47 heavy (non-hydrogen) atoms. The van der Waals surface area contributed by atoms with Crippen molar-refractivity contribution in [1.82, 2.24) is 9.88 Å². The standard InChI is InChI=1S/C43H32N4/c1-43(2)35-17-9-6-14-30(35)32-24-25-33-31-15-8-11-19-39(31)47(41(33)40(32)43)29-22-20-28(21-23-29)42-45-37-18-10-7-16-34(37)38(46-42)26-36(44)27-12-4-3-5-13-27/h3-26,44H,1-2H3,(H,45,46)/b38-26-,44-36?. The minimum atomic E-state index is -0.137.